The first-order chi connectivity index (χ1) is 9.16. The molecule has 0 aliphatic carbocycles. The lowest BCUT2D eigenvalue weighted by Gasteiger charge is -2.22. The van der Waals surface area contributed by atoms with Crippen molar-refractivity contribution in [1.82, 2.24) is 14.5 Å². The third-order valence-electron chi connectivity index (χ3n) is 3.70. The number of likely N-dealkylation sites (tertiary alicyclic amines) is 1. The van der Waals surface area contributed by atoms with Crippen molar-refractivity contribution in [3.05, 3.63) is 24.3 Å². The molecule has 2 aromatic rings. The maximum absolute atomic E-state index is 11.2. The quantitative estimate of drug-likeness (QED) is 0.861. The molecule has 0 saturated carbocycles. The normalized spacial score (nSPS) is 19.2. The highest BCUT2D eigenvalue weighted by molar-refractivity contribution is 5.78. The van der Waals surface area contributed by atoms with Crippen molar-refractivity contribution in [2.45, 2.75) is 25.4 Å². The van der Waals surface area contributed by atoms with Crippen LogP contribution in [0, 0.1) is 0 Å². The summed E-state index contributed by atoms with van der Waals surface area (Å²) in [4.78, 5) is 17.0. The number of nitrogens with zero attached hydrogens (tertiary/aromatic N) is 3. The number of nitrogen functional groups attached to an aromatic ring is 1. The number of rotatable bonds is 2. The molecule has 1 aliphatic heterocycles. The molecule has 1 aliphatic rings. The summed E-state index contributed by atoms with van der Waals surface area (Å²) < 4.78 is 1.90. The maximum atomic E-state index is 11.2. The number of hydrogen-bond acceptors (Lipinski definition) is 3. The van der Waals surface area contributed by atoms with Gasteiger partial charge in [0.05, 0.1) is 17.1 Å². The summed E-state index contributed by atoms with van der Waals surface area (Å²) in [7, 11) is 0. The largest absolute Gasteiger partial charge is 0.465 e. The van der Waals surface area contributed by atoms with Gasteiger partial charge in [0.25, 0.3) is 0 Å². The minimum absolute atomic E-state index is 0.0163. The van der Waals surface area contributed by atoms with E-state index in [-0.39, 0.29) is 6.04 Å². The van der Waals surface area contributed by atoms with E-state index in [9.17, 15) is 4.79 Å². The number of carbonyl (C=O) groups is 1. The van der Waals surface area contributed by atoms with Crippen LogP contribution in [0.5, 0.6) is 0 Å². The molecule has 0 spiro atoms. The Bertz CT molecular complexity index is 622. The minimum atomic E-state index is -0.856. The predicted molar refractivity (Wildman–Crippen MR) is 71.9 cm³/mol. The van der Waals surface area contributed by atoms with Crippen LogP contribution in [0.2, 0.25) is 0 Å². The molecular weight excluding hydrogens is 244 g/mol. The monoisotopic (exact) mass is 260 g/mol. The number of imidazole rings is 1. The van der Waals surface area contributed by atoms with Gasteiger partial charge in [-0.2, -0.15) is 0 Å². The Kier molecular flexibility index (Phi) is 2.77. The first-order valence-electron chi connectivity index (χ1n) is 6.37. The molecule has 0 unspecified atom stereocenters. The second kappa shape index (κ2) is 4.46. The van der Waals surface area contributed by atoms with Crippen LogP contribution in [-0.4, -0.2) is 38.2 Å². The van der Waals surface area contributed by atoms with Crippen LogP contribution in [0.3, 0.4) is 0 Å². The van der Waals surface area contributed by atoms with Crippen molar-refractivity contribution in [2.75, 3.05) is 12.3 Å². The van der Waals surface area contributed by atoms with Crippen molar-refractivity contribution in [1.29, 1.82) is 0 Å². The fourth-order valence-electron chi connectivity index (χ4n) is 2.77. The summed E-state index contributed by atoms with van der Waals surface area (Å²) in [6.07, 6.45) is 0.923. The minimum Gasteiger partial charge on any atom is -0.465 e. The fourth-order valence-corrected chi connectivity index (χ4v) is 2.77. The van der Waals surface area contributed by atoms with Gasteiger partial charge in [-0.3, -0.25) is 0 Å². The van der Waals surface area contributed by atoms with Crippen LogP contribution in [0.1, 0.15) is 12.8 Å². The molecule has 1 aromatic carbocycles. The topological polar surface area (TPSA) is 84.4 Å². The molecule has 19 heavy (non-hydrogen) atoms. The van der Waals surface area contributed by atoms with Crippen LogP contribution < -0.4 is 5.73 Å². The molecule has 2 heterocycles. The van der Waals surface area contributed by atoms with Crippen LogP contribution in [-0.2, 0) is 6.54 Å². The highest BCUT2D eigenvalue weighted by Crippen LogP contribution is 2.23. The number of nitrogens with two attached hydrogens (primary N) is 1. The van der Waals surface area contributed by atoms with Crippen molar-refractivity contribution >= 4 is 23.1 Å². The summed E-state index contributed by atoms with van der Waals surface area (Å²) in [6.45, 7) is 1.17. The Balaban J connectivity index is 1.93. The van der Waals surface area contributed by atoms with Crippen molar-refractivity contribution in [3.63, 3.8) is 0 Å². The molecule has 3 rings (SSSR count). The van der Waals surface area contributed by atoms with Crippen molar-refractivity contribution < 1.29 is 9.90 Å². The number of anilines is 1. The molecule has 6 heteroatoms. The molecule has 1 atom stereocenters. The first-order valence-corrected chi connectivity index (χ1v) is 6.37. The Morgan fingerprint density at radius 1 is 1.47 bits per heavy atom. The molecular formula is C13H16N4O2. The number of hydrogen-bond donors (Lipinski definition) is 2. The van der Waals surface area contributed by atoms with E-state index in [0.29, 0.717) is 19.0 Å². The molecule has 1 saturated heterocycles. The van der Waals surface area contributed by atoms with E-state index < -0.39 is 6.09 Å². The third-order valence-corrected chi connectivity index (χ3v) is 3.70. The van der Waals surface area contributed by atoms with Crippen LogP contribution >= 0.6 is 0 Å². The smallest absolute Gasteiger partial charge is 0.407 e. The fraction of sp³-hybridized carbons (Fsp3) is 0.385. The van der Waals surface area contributed by atoms with E-state index in [4.69, 9.17) is 10.8 Å². The van der Waals surface area contributed by atoms with E-state index in [1.165, 1.54) is 4.90 Å². The summed E-state index contributed by atoms with van der Waals surface area (Å²) in [6, 6.07) is 7.70. The molecule has 1 fully saturated rings. The maximum Gasteiger partial charge on any atom is 0.407 e. The number of benzene rings is 1. The average molecular weight is 260 g/mol. The van der Waals surface area contributed by atoms with Gasteiger partial charge in [0.15, 0.2) is 0 Å². The molecule has 1 amide bonds. The third kappa shape index (κ3) is 1.99. The Labute approximate surface area is 110 Å². The number of carboxylic acid groups (broad SMARTS) is 1. The zero-order valence-corrected chi connectivity index (χ0v) is 10.5. The van der Waals surface area contributed by atoms with E-state index in [1.807, 2.05) is 28.8 Å². The summed E-state index contributed by atoms with van der Waals surface area (Å²) in [5, 5.41) is 9.16. The highest BCUT2D eigenvalue weighted by Gasteiger charge is 2.29. The molecule has 0 radical (unpaired) electrons. The zero-order valence-electron chi connectivity index (χ0n) is 10.5. The lowest BCUT2D eigenvalue weighted by molar-refractivity contribution is 0.136. The van der Waals surface area contributed by atoms with E-state index in [1.54, 1.807) is 0 Å². The van der Waals surface area contributed by atoms with Crippen LogP contribution in [0.15, 0.2) is 24.3 Å². The Morgan fingerprint density at radius 3 is 3.05 bits per heavy atom. The second-order valence-corrected chi connectivity index (χ2v) is 4.84. The van der Waals surface area contributed by atoms with E-state index in [2.05, 4.69) is 4.98 Å². The standard InChI is InChI=1S/C13H16N4O2/c14-12-15-10-5-1-2-6-11(10)17(12)8-9-4-3-7-16(9)13(18)19/h1-2,5-6,9H,3-4,7-8H2,(H2,14,15)(H,18,19)/t9-/m0/s1. The zero-order chi connectivity index (χ0) is 13.4. The lowest BCUT2D eigenvalue weighted by atomic mass is 10.2. The number of fused-ring (bicyclic) bond motifs is 1. The van der Waals surface area contributed by atoms with Crippen molar-refractivity contribution in [2.24, 2.45) is 0 Å². The van der Waals surface area contributed by atoms with E-state index >= 15 is 0 Å². The van der Waals surface area contributed by atoms with Gasteiger partial charge in [-0.1, -0.05) is 12.1 Å². The SMILES string of the molecule is Nc1nc2ccccc2n1C[C@@H]1CCCN1C(=O)O. The molecule has 6 nitrogen and oxygen atoms in total. The van der Waals surface area contributed by atoms with Gasteiger partial charge in [-0.15, -0.1) is 0 Å². The van der Waals surface area contributed by atoms with Gasteiger partial charge >= 0.3 is 6.09 Å². The van der Waals surface area contributed by atoms with Gasteiger partial charge in [-0.25, -0.2) is 9.78 Å². The van der Waals surface area contributed by atoms with Gasteiger partial charge < -0.3 is 20.3 Å². The lowest BCUT2D eigenvalue weighted by Crippen LogP contribution is -2.37. The Morgan fingerprint density at radius 2 is 2.26 bits per heavy atom. The van der Waals surface area contributed by atoms with Crippen LogP contribution in [0.25, 0.3) is 11.0 Å². The molecule has 100 valence electrons. The highest BCUT2D eigenvalue weighted by atomic mass is 16.4. The number of amides is 1. The van der Waals surface area contributed by atoms with E-state index in [0.717, 1.165) is 23.9 Å². The molecule has 1 aromatic heterocycles. The summed E-state index contributed by atoms with van der Waals surface area (Å²) in [5.74, 6) is 0.443. The van der Waals surface area contributed by atoms with Crippen LogP contribution in [0.4, 0.5) is 10.7 Å². The molecule has 3 N–H and O–H groups in total. The predicted octanol–water partition coefficient (Wildman–Crippen LogP) is 1.76. The summed E-state index contributed by atoms with van der Waals surface area (Å²) >= 11 is 0. The number of aromatic nitrogens is 2. The average Bonchev–Trinajstić information content (AvgIpc) is 2.96. The Hall–Kier alpha value is -2.24. The van der Waals surface area contributed by atoms with Gasteiger partial charge in [0.1, 0.15) is 0 Å². The van der Waals surface area contributed by atoms with Gasteiger partial charge in [0, 0.05) is 13.1 Å². The van der Waals surface area contributed by atoms with Crippen molar-refractivity contribution in [3.8, 4) is 0 Å². The molecule has 0 bridgehead atoms. The van der Waals surface area contributed by atoms with Gasteiger partial charge in [0.2, 0.25) is 5.95 Å². The second-order valence-electron chi connectivity index (χ2n) is 4.84. The van der Waals surface area contributed by atoms with Gasteiger partial charge in [-0.05, 0) is 25.0 Å². The summed E-state index contributed by atoms with van der Waals surface area (Å²) in [5.41, 5.74) is 7.74. The first kappa shape index (κ1) is 11.8. The number of para-hydroxylation sites is 2.